The maximum absolute atomic E-state index is 11.8. The van der Waals surface area contributed by atoms with E-state index in [1.807, 2.05) is 11.8 Å². The monoisotopic (exact) mass is 431 g/mol. The zero-order valence-corrected chi connectivity index (χ0v) is 19.2. The van der Waals surface area contributed by atoms with Crippen molar-refractivity contribution in [3.05, 3.63) is 108 Å². The van der Waals surface area contributed by atoms with Crippen molar-refractivity contribution in [1.29, 1.82) is 0 Å². The Labute approximate surface area is 191 Å². The minimum atomic E-state index is -0.248. The summed E-state index contributed by atoms with van der Waals surface area (Å²) in [6, 6.07) is 32.5. The van der Waals surface area contributed by atoms with Gasteiger partial charge in [-0.05, 0) is 41.7 Å². The average molecular weight is 432 g/mol. The van der Waals surface area contributed by atoms with Crippen LogP contribution in [-0.2, 0) is 9.54 Å². The Kier molecular flexibility index (Phi) is 9.23. The van der Waals surface area contributed by atoms with Gasteiger partial charge in [0.1, 0.15) is 0 Å². The SMILES string of the molecule is CCCNC(=O)CCCCCSC(c1ccccc1)(c1ccccc1)c1ccccc1. The molecule has 0 aromatic heterocycles. The van der Waals surface area contributed by atoms with Crippen molar-refractivity contribution >= 4 is 17.7 Å². The van der Waals surface area contributed by atoms with E-state index in [9.17, 15) is 4.79 Å². The third-order valence-electron chi connectivity index (χ3n) is 5.48. The first-order valence-corrected chi connectivity index (χ1v) is 12.3. The standard InChI is InChI=1S/C28H33NOS/c1-2-22-29-27(30)21-13-6-14-23-31-28(24-15-7-3-8-16-24,25-17-9-4-10-18-25)26-19-11-5-12-20-26/h3-5,7-12,15-20H,2,6,13-14,21-23H2,1H3,(H,29,30). The van der Waals surface area contributed by atoms with Gasteiger partial charge in [-0.15, -0.1) is 11.8 Å². The van der Waals surface area contributed by atoms with E-state index in [1.54, 1.807) is 0 Å². The summed E-state index contributed by atoms with van der Waals surface area (Å²) in [5, 5.41) is 2.97. The Bertz CT molecular complexity index is 799. The van der Waals surface area contributed by atoms with Gasteiger partial charge >= 0.3 is 0 Å². The van der Waals surface area contributed by atoms with Crippen LogP contribution in [0.5, 0.6) is 0 Å². The van der Waals surface area contributed by atoms with Gasteiger partial charge in [-0.2, -0.15) is 0 Å². The van der Waals surface area contributed by atoms with Gasteiger partial charge in [-0.1, -0.05) is 104 Å². The van der Waals surface area contributed by atoms with E-state index < -0.39 is 0 Å². The van der Waals surface area contributed by atoms with Crippen molar-refractivity contribution in [2.24, 2.45) is 0 Å². The lowest BCUT2D eigenvalue weighted by Gasteiger charge is -2.35. The lowest BCUT2D eigenvalue weighted by atomic mass is 9.84. The quantitative estimate of drug-likeness (QED) is 0.252. The largest absolute Gasteiger partial charge is 0.356 e. The number of nitrogens with one attached hydrogen (secondary N) is 1. The number of thioether (sulfide) groups is 1. The predicted molar refractivity (Wildman–Crippen MR) is 133 cm³/mol. The van der Waals surface area contributed by atoms with Crippen molar-refractivity contribution < 1.29 is 4.79 Å². The van der Waals surface area contributed by atoms with Gasteiger partial charge in [0, 0.05) is 13.0 Å². The second kappa shape index (κ2) is 12.4. The summed E-state index contributed by atoms with van der Waals surface area (Å²) in [6.45, 7) is 2.86. The van der Waals surface area contributed by atoms with E-state index in [-0.39, 0.29) is 10.7 Å². The van der Waals surface area contributed by atoms with Crippen LogP contribution in [0, 0.1) is 0 Å². The Morgan fingerprint density at radius 3 is 1.68 bits per heavy atom. The number of hydrogen-bond acceptors (Lipinski definition) is 2. The smallest absolute Gasteiger partial charge is 0.219 e. The number of benzene rings is 3. The highest BCUT2D eigenvalue weighted by Crippen LogP contribution is 2.48. The maximum Gasteiger partial charge on any atom is 0.219 e. The van der Waals surface area contributed by atoms with Crippen LogP contribution in [0.2, 0.25) is 0 Å². The zero-order valence-electron chi connectivity index (χ0n) is 18.4. The Morgan fingerprint density at radius 1 is 0.742 bits per heavy atom. The minimum absolute atomic E-state index is 0.182. The van der Waals surface area contributed by atoms with Crippen LogP contribution in [0.3, 0.4) is 0 Å². The first-order chi connectivity index (χ1) is 15.3. The summed E-state index contributed by atoms with van der Waals surface area (Å²) in [4.78, 5) is 11.8. The molecule has 0 atom stereocenters. The van der Waals surface area contributed by atoms with Gasteiger partial charge in [-0.25, -0.2) is 0 Å². The summed E-state index contributed by atoms with van der Waals surface area (Å²) in [6.07, 6.45) is 4.74. The second-order valence-corrected chi connectivity index (χ2v) is 9.10. The summed E-state index contributed by atoms with van der Waals surface area (Å²) < 4.78 is -0.248. The van der Waals surface area contributed by atoms with Crippen molar-refractivity contribution in [3.63, 3.8) is 0 Å². The number of hydrogen-bond donors (Lipinski definition) is 1. The van der Waals surface area contributed by atoms with Crippen LogP contribution in [0.1, 0.15) is 55.7 Å². The van der Waals surface area contributed by atoms with Crippen molar-refractivity contribution in [2.45, 2.75) is 43.8 Å². The molecule has 0 saturated heterocycles. The highest BCUT2D eigenvalue weighted by atomic mass is 32.2. The lowest BCUT2D eigenvalue weighted by Crippen LogP contribution is -2.26. The Morgan fingerprint density at radius 2 is 1.23 bits per heavy atom. The summed E-state index contributed by atoms with van der Waals surface area (Å²) in [7, 11) is 0. The normalized spacial score (nSPS) is 11.3. The molecule has 0 bridgehead atoms. The fourth-order valence-electron chi connectivity index (χ4n) is 3.91. The van der Waals surface area contributed by atoms with Crippen LogP contribution in [0.4, 0.5) is 0 Å². The molecule has 3 aromatic carbocycles. The average Bonchev–Trinajstić information content (AvgIpc) is 2.84. The molecule has 31 heavy (non-hydrogen) atoms. The number of unbranched alkanes of at least 4 members (excludes halogenated alkanes) is 2. The zero-order chi connectivity index (χ0) is 21.8. The lowest BCUT2D eigenvalue weighted by molar-refractivity contribution is -0.121. The van der Waals surface area contributed by atoms with Crippen LogP contribution in [-0.4, -0.2) is 18.2 Å². The molecule has 0 heterocycles. The number of carbonyl (C=O) groups is 1. The van der Waals surface area contributed by atoms with E-state index in [2.05, 4.69) is 103 Å². The molecule has 0 spiro atoms. The fraction of sp³-hybridized carbons (Fsp3) is 0.321. The van der Waals surface area contributed by atoms with Gasteiger partial charge in [0.15, 0.2) is 0 Å². The van der Waals surface area contributed by atoms with Crippen molar-refractivity contribution in [3.8, 4) is 0 Å². The molecular formula is C28H33NOS. The molecule has 3 aromatic rings. The molecule has 0 aliphatic heterocycles. The molecule has 0 saturated carbocycles. The molecule has 162 valence electrons. The molecule has 0 radical (unpaired) electrons. The minimum Gasteiger partial charge on any atom is -0.356 e. The molecule has 0 fully saturated rings. The fourth-order valence-corrected chi connectivity index (χ4v) is 5.47. The highest BCUT2D eigenvalue weighted by Gasteiger charge is 2.36. The third kappa shape index (κ3) is 6.24. The topological polar surface area (TPSA) is 29.1 Å². The first-order valence-electron chi connectivity index (χ1n) is 11.3. The molecule has 0 aliphatic carbocycles. The molecule has 0 aliphatic rings. The summed E-state index contributed by atoms with van der Waals surface area (Å²) in [5.41, 5.74) is 3.91. The second-order valence-electron chi connectivity index (χ2n) is 7.79. The van der Waals surface area contributed by atoms with Gasteiger partial charge in [0.25, 0.3) is 0 Å². The molecule has 3 rings (SSSR count). The Balaban J connectivity index is 1.76. The van der Waals surface area contributed by atoms with Crippen LogP contribution >= 0.6 is 11.8 Å². The molecule has 0 unspecified atom stereocenters. The van der Waals surface area contributed by atoms with Gasteiger partial charge in [0.2, 0.25) is 5.91 Å². The van der Waals surface area contributed by atoms with E-state index in [1.165, 1.54) is 16.7 Å². The van der Waals surface area contributed by atoms with Crippen LogP contribution < -0.4 is 5.32 Å². The van der Waals surface area contributed by atoms with Crippen molar-refractivity contribution in [2.75, 3.05) is 12.3 Å². The maximum atomic E-state index is 11.8. The number of amides is 1. The van der Waals surface area contributed by atoms with E-state index in [4.69, 9.17) is 0 Å². The predicted octanol–water partition coefficient (Wildman–Crippen LogP) is 6.80. The van der Waals surface area contributed by atoms with E-state index in [0.717, 1.165) is 38.0 Å². The molecule has 3 heteroatoms. The highest BCUT2D eigenvalue weighted by molar-refractivity contribution is 8.00. The van der Waals surface area contributed by atoms with Gasteiger partial charge < -0.3 is 5.32 Å². The molecule has 1 N–H and O–H groups in total. The van der Waals surface area contributed by atoms with E-state index >= 15 is 0 Å². The van der Waals surface area contributed by atoms with Crippen molar-refractivity contribution in [1.82, 2.24) is 5.32 Å². The number of rotatable bonds is 12. The molecule has 1 amide bonds. The van der Waals surface area contributed by atoms with Gasteiger partial charge in [-0.3, -0.25) is 4.79 Å². The van der Waals surface area contributed by atoms with Gasteiger partial charge in [0.05, 0.1) is 4.75 Å². The van der Waals surface area contributed by atoms with Crippen LogP contribution in [0.15, 0.2) is 91.0 Å². The van der Waals surface area contributed by atoms with E-state index in [0.29, 0.717) is 6.42 Å². The molecular weight excluding hydrogens is 398 g/mol. The molecule has 2 nitrogen and oxygen atoms in total. The Hall–Kier alpha value is -2.52. The summed E-state index contributed by atoms with van der Waals surface area (Å²) in [5.74, 6) is 1.22. The number of carbonyl (C=O) groups excluding carboxylic acids is 1. The summed E-state index contributed by atoms with van der Waals surface area (Å²) >= 11 is 2.00. The van der Waals surface area contributed by atoms with Crippen LogP contribution in [0.25, 0.3) is 0 Å². The third-order valence-corrected chi connectivity index (χ3v) is 7.11. The first kappa shape index (κ1) is 23.1.